The van der Waals surface area contributed by atoms with Crippen molar-refractivity contribution in [1.29, 1.82) is 0 Å². The molecule has 90 valence electrons. The minimum Gasteiger partial charge on any atom is -0.508 e. The van der Waals surface area contributed by atoms with Crippen LogP contribution in [0.25, 0.3) is 0 Å². The molecule has 1 unspecified atom stereocenters. The quantitative estimate of drug-likeness (QED) is 0.806. The van der Waals surface area contributed by atoms with Crippen molar-refractivity contribution < 1.29 is 9.50 Å². The summed E-state index contributed by atoms with van der Waals surface area (Å²) in [7, 11) is 0. The Bertz CT molecular complexity index is 333. The van der Waals surface area contributed by atoms with Crippen molar-refractivity contribution in [2.75, 3.05) is 12.0 Å². The molecule has 4 heteroatoms. The standard InChI is InChI=1S/C12H18FNOS/c1-3-11(8-16-2)14-7-9-6-10(13)4-5-12(9)15/h4-6,11,14-15H,3,7-8H2,1-2H3. The minimum atomic E-state index is -0.312. The summed E-state index contributed by atoms with van der Waals surface area (Å²) in [5, 5.41) is 12.8. The normalized spacial score (nSPS) is 12.7. The second-order valence-electron chi connectivity index (χ2n) is 3.71. The highest BCUT2D eigenvalue weighted by Crippen LogP contribution is 2.17. The average Bonchev–Trinajstić information content (AvgIpc) is 2.28. The van der Waals surface area contributed by atoms with E-state index >= 15 is 0 Å². The summed E-state index contributed by atoms with van der Waals surface area (Å²) in [6.07, 6.45) is 3.08. The van der Waals surface area contributed by atoms with Gasteiger partial charge in [-0.3, -0.25) is 0 Å². The summed E-state index contributed by atoms with van der Waals surface area (Å²) in [5.41, 5.74) is 0.611. The van der Waals surface area contributed by atoms with E-state index < -0.39 is 0 Å². The van der Waals surface area contributed by atoms with E-state index in [1.54, 1.807) is 11.8 Å². The summed E-state index contributed by atoms with van der Waals surface area (Å²) >= 11 is 1.78. The fraction of sp³-hybridized carbons (Fsp3) is 0.500. The average molecular weight is 243 g/mol. The molecule has 0 amide bonds. The molecule has 1 aromatic carbocycles. The monoisotopic (exact) mass is 243 g/mol. The second kappa shape index (κ2) is 6.76. The van der Waals surface area contributed by atoms with Crippen LogP contribution < -0.4 is 5.32 Å². The first-order valence-corrected chi connectivity index (χ1v) is 6.76. The van der Waals surface area contributed by atoms with Crippen molar-refractivity contribution in [3.8, 4) is 5.75 Å². The van der Waals surface area contributed by atoms with Crippen LogP contribution in [-0.4, -0.2) is 23.2 Å². The SMILES string of the molecule is CCC(CSC)NCc1cc(F)ccc1O. The van der Waals surface area contributed by atoms with Crippen LogP contribution in [0.2, 0.25) is 0 Å². The molecule has 0 heterocycles. The van der Waals surface area contributed by atoms with Gasteiger partial charge in [0.25, 0.3) is 0 Å². The fourth-order valence-corrected chi connectivity index (χ4v) is 2.23. The van der Waals surface area contributed by atoms with Crippen LogP contribution in [-0.2, 0) is 6.54 Å². The number of halogens is 1. The first-order chi connectivity index (χ1) is 7.67. The second-order valence-corrected chi connectivity index (χ2v) is 4.63. The number of nitrogens with one attached hydrogen (secondary N) is 1. The number of phenolic OH excluding ortho intramolecular Hbond substituents is 1. The van der Waals surface area contributed by atoms with Crippen LogP contribution in [0.1, 0.15) is 18.9 Å². The molecule has 0 saturated heterocycles. The Morgan fingerprint density at radius 3 is 2.88 bits per heavy atom. The van der Waals surface area contributed by atoms with Crippen LogP contribution in [0.3, 0.4) is 0 Å². The molecular formula is C12H18FNOS. The van der Waals surface area contributed by atoms with E-state index in [2.05, 4.69) is 18.5 Å². The summed E-state index contributed by atoms with van der Waals surface area (Å²) in [6.45, 7) is 2.61. The molecule has 0 spiro atoms. The number of hydrogen-bond donors (Lipinski definition) is 2. The van der Waals surface area contributed by atoms with Gasteiger partial charge in [0, 0.05) is 23.9 Å². The summed E-state index contributed by atoms with van der Waals surface area (Å²) < 4.78 is 13.0. The van der Waals surface area contributed by atoms with E-state index in [4.69, 9.17) is 0 Å². The van der Waals surface area contributed by atoms with E-state index in [1.807, 2.05) is 0 Å². The first-order valence-electron chi connectivity index (χ1n) is 5.37. The third kappa shape index (κ3) is 4.02. The Kier molecular flexibility index (Phi) is 5.63. The van der Waals surface area contributed by atoms with E-state index in [1.165, 1.54) is 18.2 Å². The molecule has 0 aliphatic carbocycles. The Hall–Kier alpha value is -0.740. The minimum absolute atomic E-state index is 0.146. The summed E-state index contributed by atoms with van der Waals surface area (Å²) in [5.74, 6) is 0.854. The Labute approximate surface area is 100 Å². The predicted molar refractivity (Wildman–Crippen MR) is 67.4 cm³/mol. The lowest BCUT2D eigenvalue weighted by atomic mass is 10.1. The van der Waals surface area contributed by atoms with Gasteiger partial charge in [-0.25, -0.2) is 4.39 Å². The van der Waals surface area contributed by atoms with Gasteiger partial charge in [-0.2, -0.15) is 11.8 Å². The molecule has 1 rings (SSSR count). The number of rotatable bonds is 6. The van der Waals surface area contributed by atoms with Crippen LogP contribution >= 0.6 is 11.8 Å². The fourth-order valence-electron chi connectivity index (χ4n) is 1.47. The van der Waals surface area contributed by atoms with Gasteiger partial charge in [0.05, 0.1) is 0 Å². The van der Waals surface area contributed by atoms with Crippen molar-refractivity contribution in [2.45, 2.75) is 25.9 Å². The van der Waals surface area contributed by atoms with Gasteiger partial charge in [0.15, 0.2) is 0 Å². The number of thioether (sulfide) groups is 1. The van der Waals surface area contributed by atoms with Crippen LogP contribution in [0, 0.1) is 5.82 Å². The topological polar surface area (TPSA) is 32.3 Å². The van der Waals surface area contributed by atoms with Gasteiger partial charge in [0.2, 0.25) is 0 Å². The van der Waals surface area contributed by atoms with Crippen molar-refractivity contribution in [3.05, 3.63) is 29.6 Å². The Balaban J connectivity index is 2.55. The van der Waals surface area contributed by atoms with Crippen LogP contribution in [0.15, 0.2) is 18.2 Å². The molecule has 1 atom stereocenters. The third-order valence-corrected chi connectivity index (χ3v) is 3.22. The maximum atomic E-state index is 13.0. The van der Waals surface area contributed by atoms with Gasteiger partial charge in [0.1, 0.15) is 11.6 Å². The lowest BCUT2D eigenvalue weighted by Crippen LogP contribution is -2.30. The molecule has 0 bridgehead atoms. The molecule has 2 N–H and O–H groups in total. The number of aromatic hydroxyl groups is 1. The molecule has 16 heavy (non-hydrogen) atoms. The zero-order valence-electron chi connectivity index (χ0n) is 9.66. The van der Waals surface area contributed by atoms with Gasteiger partial charge >= 0.3 is 0 Å². The summed E-state index contributed by atoms with van der Waals surface area (Å²) in [4.78, 5) is 0. The van der Waals surface area contributed by atoms with E-state index in [0.29, 0.717) is 18.2 Å². The Morgan fingerprint density at radius 1 is 1.50 bits per heavy atom. The predicted octanol–water partition coefficient (Wildman–Crippen LogP) is 2.76. The van der Waals surface area contributed by atoms with E-state index in [-0.39, 0.29) is 11.6 Å². The molecule has 0 radical (unpaired) electrons. The Morgan fingerprint density at radius 2 is 2.25 bits per heavy atom. The molecule has 0 fully saturated rings. The zero-order valence-corrected chi connectivity index (χ0v) is 10.5. The molecule has 0 saturated carbocycles. The molecule has 2 nitrogen and oxygen atoms in total. The molecular weight excluding hydrogens is 225 g/mol. The number of phenols is 1. The number of benzene rings is 1. The van der Waals surface area contributed by atoms with Crippen molar-refractivity contribution in [1.82, 2.24) is 5.32 Å². The van der Waals surface area contributed by atoms with Crippen molar-refractivity contribution >= 4 is 11.8 Å². The van der Waals surface area contributed by atoms with Gasteiger partial charge in [-0.05, 0) is 30.9 Å². The van der Waals surface area contributed by atoms with Crippen LogP contribution in [0.4, 0.5) is 4.39 Å². The molecule has 1 aromatic rings. The van der Waals surface area contributed by atoms with Gasteiger partial charge in [-0.15, -0.1) is 0 Å². The van der Waals surface area contributed by atoms with Crippen LogP contribution in [0.5, 0.6) is 5.75 Å². The van der Waals surface area contributed by atoms with E-state index in [0.717, 1.165) is 12.2 Å². The highest BCUT2D eigenvalue weighted by atomic mass is 32.2. The van der Waals surface area contributed by atoms with Gasteiger partial charge in [-0.1, -0.05) is 6.92 Å². The molecule has 0 aromatic heterocycles. The maximum absolute atomic E-state index is 13.0. The maximum Gasteiger partial charge on any atom is 0.123 e. The highest BCUT2D eigenvalue weighted by molar-refractivity contribution is 7.98. The first kappa shape index (κ1) is 13.3. The molecule has 0 aliphatic heterocycles. The van der Waals surface area contributed by atoms with Gasteiger partial charge < -0.3 is 10.4 Å². The van der Waals surface area contributed by atoms with E-state index in [9.17, 15) is 9.50 Å². The highest BCUT2D eigenvalue weighted by Gasteiger charge is 2.07. The lowest BCUT2D eigenvalue weighted by molar-refractivity contribution is 0.455. The summed E-state index contributed by atoms with van der Waals surface area (Å²) in [6, 6.07) is 4.42. The largest absolute Gasteiger partial charge is 0.508 e. The lowest BCUT2D eigenvalue weighted by Gasteiger charge is -2.16. The molecule has 0 aliphatic rings. The smallest absolute Gasteiger partial charge is 0.123 e. The van der Waals surface area contributed by atoms with Crippen molar-refractivity contribution in [2.24, 2.45) is 0 Å². The zero-order chi connectivity index (χ0) is 12.0. The number of hydrogen-bond acceptors (Lipinski definition) is 3. The van der Waals surface area contributed by atoms with Crippen molar-refractivity contribution in [3.63, 3.8) is 0 Å². The third-order valence-electron chi connectivity index (χ3n) is 2.48.